The van der Waals surface area contributed by atoms with Crippen LogP contribution in [0.2, 0.25) is 0 Å². The van der Waals surface area contributed by atoms with E-state index in [2.05, 4.69) is 42.8 Å². The molecule has 5 heteroatoms. The Hall–Kier alpha value is -0.720. The summed E-state index contributed by atoms with van der Waals surface area (Å²) in [5.74, 6) is 0. The fraction of sp³-hybridized carbons (Fsp3) is 0.167. The summed E-state index contributed by atoms with van der Waals surface area (Å²) in [6, 6.07) is 0. The molecule has 0 aromatic carbocycles. The quantitative estimate of drug-likeness (QED) is 0.725. The molecule has 0 unspecified atom stereocenters. The van der Waals surface area contributed by atoms with Crippen molar-refractivity contribution in [1.29, 1.82) is 0 Å². The van der Waals surface area contributed by atoms with Crippen molar-refractivity contribution in [3.63, 3.8) is 0 Å². The summed E-state index contributed by atoms with van der Waals surface area (Å²) >= 11 is 2.15. The number of H-pyrrole nitrogens is 1. The third-order valence-electron chi connectivity index (χ3n) is 1.34. The van der Waals surface area contributed by atoms with Crippen molar-refractivity contribution in [2.45, 2.75) is 6.92 Å². The lowest BCUT2D eigenvalue weighted by molar-refractivity contribution is 1.07. The van der Waals surface area contributed by atoms with Crippen LogP contribution in [0.4, 0.5) is 0 Å². The Bertz CT molecular complexity index is 394. The molecule has 0 aliphatic rings. The van der Waals surface area contributed by atoms with Crippen LogP contribution >= 0.6 is 22.6 Å². The molecular weight excluding hydrogens is 255 g/mol. The van der Waals surface area contributed by atoms with E-state index in [1.54, 1.807) is 6.20 Å². The molecule has 2 aromatic heterocycles. The fourth-order valence-electron chi connectivity index (χ4n) is 0.855. The van der Waals surface area contributed by atoms with Gasteiger partial charge in [-0.25, -0.2) is 9.97 Å². The summed E-state index contributed by atoms with van der Waals surface area (Å²) in [4.78, 5) is 8.36. The highest BCUT2D eigenvalue weighted by molar-refractivity contribution is 14.1. The molecule has 0 aliphatic carbocycles. The van der Waals surface area contributed by atoms with Gasteiger partial charge in [-0.3, -0.25) is 5.10 Å². The van der Waals surface area contributed by atoms with E-state index in [4.69, 9.17) is 0 Å². The predicted octanol–water partition coefficient (Wildman–Crippen LogP) is 1.27. The molecule has 2 rings (SSSR count). The molecular formula is C6H5IN4. The van der Waals surface area contributed by atoms with Crippen LogP contribution in [0, 0.1) is 10.6 Å². The normalized spacial score (nSPS) is 10.7. The Morgan fingerprint density at radius 1 is 1.55 bits per heavy atom. The van der Waals surface area contributed by atoms with Crippen LogP contribution in [0.25, 0.3) is 11.2 Å². The predicted molar refractivity (Wildman–Crippen MR) is 49.1 cm³/mol. The summed E-state index contributed by atoms with van der Waals surface area (Å²) in [5, 5.41) is 6.77. The van der Waals surface area contributed by atoms with E-state index in [0.29, 0.717) is 5.65 Å². The zero-order valence-corrected chi connectivity index (χ0v) is 7.95. The molecule has 0 spiro atoms. The molecule has 2 aromatic rings. The van der Waals surface area contributed by atoms with Gasteiger partial charge in [0.05, 0.1) is 11.9 Å². The molecule has 1 N–H and O–H groups in total. The Kier molecular flexibility index (Phi) is 1.52. The lowest BCUT2D eigenvalue weighted by Crippen LogP contribution is -1.84. The lowest BCUT2D eigenvalue weighted by Gasteiger charge is -1.88. The zero-order chi connectivity index (χ0) is 7.84. The SMILES string of the molecule is Cc1cnc2n[nH]c(I)c2n1. The fourth-order valence-corrected chi connectivity index (χ4v) is 1.34. The lowest BCUT2D eigenvalue weighted by atomic mass is 10.5. The van der Waals surface area contributed by atoms with E-state index in [1.807, 2.05) is 6.92 Å². The van der Waals surface area contributed by atoms with E-state index < -0.39 is 0 Å². The topological polar surface area (TPSA) is 54.5 Å². The van der Waals surface area contributed by atoms with Crippen LogP contribution in [0.3, 0.4) is 0 Å². The first kappa shape index (κ1) is 6.96. The summed E-state index contributed by atoms with van der Waals surface area (Å²) in [6.07, 6.45) is 1.71. The van der Waals surface area contributed by atoms with E-state index in [-0.39, 0.29) is 0 Å². The van der Waals surface area contributed by atoms with Gasteiger partial charge in [-0.1, -0.05) is 0 Å². The van der Waals surface area contributed by atoms with Gasteiger partial charge in [0.1, 0.15) is 9.22 Å². The maximum atomic E-state index is 4.27. The van der Waals surface area contributed by atoms with E-state index in [0.717, 1.165) is 14.9 Å². The van der Waals surface area contributed by atoms with Crippen molar-refractivity contribution in [2.24, 2.45) is 0 Å². The largest absolute Gasteiger partial charge is 0.268 e. The second-order valence-electron chi connectivity index (χ2n) is 2.22. The number of nitrogens with one attached hydrogen (secondary N) is 1. The molecule has 11 heavy (non-hydrogen) atoms. The first-order valence-corrected chi connectivity index (χ1v) is 4.18. The highest BCUT2D eigenvalue weighted by atomic mass is 127. The molecule has 0 saturated heterocycles. The van der Waals surface area contributed by atoms with Crippen LogP contribution < -0.4 is 0 Å². The molecule has 0 radical (unpaired) electrons. The molecule has 0 saturated carbocycles. The van der Waals surface area contributed by atoms with Gasteiger partial charge in [-0.2, -0.15) is 5.10 Å². The molecule has 0 fully saturated rings. The van der Waals surface area contributed by atoms with Crippen molar-refractivity contribution in [3.05, 3.63) is 15.6 Å². The average Bonchev–Trinajstić information content (AvgIpc) is 2.33. The van der Waals surface area contributed by atoms with E-state index >= 15 is 0 Å². The first-order valence-electron chi connectivity index (χ1n) is 3.10. The minimum absolute atomic E-state index is 0.681. The summed E-state index contributed by atoms with van der Waals surface area (Å²) in [6.45, 7) is 1.91. The second-order valence-corrected chi connectivity index (χ2v) is 3.30. The van der Waals surface area contributed by atoms with Crippen molar-refractivity contribution in [3.8, 4) is 0 Å². The molecule has 0 atom stereocenters. The van der Waals surface area contributed by atoms with E-state index in [9.17, 15) is 0 Å². The van der Waals surface area contributed by atoms with Gasteiger partial charge in [0.2, 0.25) is 5.65 Å². The smallest absolute Gasteiger partial charge is 0.200 e. The highest BCUT2D eigenvalue weighted by Gasteiger charge is 2.03. The second kappa shape index (κ2) is 2.40. The first-order chi connectivity index (χ1) is 5.27. The number of hydrogen-bond acceptors (Lipinski definition) is 3. The van der Waals surface area contributed by atoms with Crippen LogP contribution in [-0.4, -0.2) is 20.2 Å². The molecule has 0 aliphatic heterocycles. The Labute approximate surface area is 76.6 Å². The van der Waals surface area contributed by atoms with Crippen molar-refractivity contribution < 1.29 is 0 Å². The van der Waals surface area contributed by atoms with Crippen LogP contribution in [0.15, 0.2) is 6.20 Å². The summed E-state index contributed by atoms with van der Waals surface area (Å²) in [7, 11) is 0. The maximum absolute atomic E-state index is 4.27. The van der Waals surface area contributed by atoms with Gasteiger partial charge in [0.25, 0.3) is 0 Å². The average molecular weight is 260 g/mol. The third kappa shape index (κ3) is 1.09. The van der Waals surface area contributed by atoms with E-state index in [1.165, 1.54) is 0 Å². The summed E-state index contributed by atoms with van der Waals surface area (Å²) < 4.78 is 0.939. The number of rotatable bonds is 0. The van der Waals surface area contributed by atoms with Crippen molar-refractivity contribution in [2.75, 3.05) is 0 Å². The van der Waals surface area contributed by atoms with Gasteiger partial charge >= 0.3 is 0 Å². The van der Waals surface area contributed by atoms with Crippen molar-refractivity contribution in [1.82, 2.24) is 20.2 Å². The van der Waals surface area contributed by atoms with Crippen LogP contribution in [0.5, 0.6) is 0 Å². The molecule has 4 nitrogen and oxygen atoms in total. The molecule has 2 heterocycles. The van der Waals surface area contributed by atoms with Crippen LogP contribution in [0.1, 0.15) is 5.69 Å². The number of hydrogen-bond donors (Lipinski definition) is 1. The summed E-state index contributed by atoms with van der Waals surface area (Å²) in [5.41, 5.74) is 2.45. The van der Waals surface area contributed by atoms with Gasteiger partial charge in [0.15, 0.2) is 0 Å². The number of aromatic amines is 1. The van der Waals surface area contributed by atoms with Gasteiger partial charge < -0.3 is 0 Å². The minimum atomic E-state index is 0.681. The standard InChI is InChI=1S/C6H5IN4/c1-3-2-8-6-4(9-3)5(7)10-11-6/h2H,1H3,(H,8,10,11). The number of aryl methyl sites for hydroxylation is 1. The Morgan fingerprint density at radius 3 is 3.18 bits per heavy atom. The van der Waals surface area contributed by atoms with Gasteiger partial charge in [0, 0.05) is 0 Å². The zero-order valence-electron chi connectivity index (χ0n) is 5.80. The minimum Gasteiger partial charge on any atom is -0.268 e. The van der Waals surface area contributed by atoms with Gasteiger partial charge in [-0.15, -0.1) is 0 Å². The Balaban J connectivity index is 2.87. The van der Waals surface area contributed by atoms with Crippen LogP contribution in [-0.2, 0) is 0 Å². The van der Waals surface area contributed by atoms with Crippen molar-refractivity contribution >= 4 is 33.8 Å². The molecule has 56 valence electrons. The Morgan fingerprint density at radius 2 is 2.36 bits per heavy atom. The third-order valence-corrected chi connectivity index (χ3v) is 2.09. The monoisotopic (exact) mass is 260 g/mol. The number of halogens is 1. The number of nitrogens with zero attached hydrogens (tertiary/aromatic N) is 3. The number of aromatic nitrogens is 4. The highest BCUT2D eigenvalue weighted by Crippen LogP contribution is 2.12. The molecule has 0 amide bonds. The molecule has 0 bridgehead atoms. The number of fused-ring (bicyclic) bond motifs is 1. The van der Waals surface area contributed by atoms with Gasteiger partial charge in [-0.05, 0) is 29.5 Å². The maximum Gasteiger partial charge on any atom is 0.200 e.